The van der Waals surface area contributed by atoms with Crippen LogP contribution in [0.25, 0.3) is 0 Å². The Balaban J connectivity index is 1.79. The average molecular weight is 359 g/mol. The van der Waals surface area contributed by atoms with Crippen molar-refractivity contribution in [3.05, 3.63) is 33.3 Å². The molecule has 1 spiro atoms. The van der Waals surface area contributed by atoms with Crippen LogP contribution in [0.5, 0.6) is 0 Å². The molecule has 1 heterocycles. The lowest BCUT2D eigenvalue weighted by atomic mass is 9.79. The van der Waals surface area contributed by atoms with Gasteiger partial charge in [0.25, 0.3) is 0 Å². The molecule has 1 aliphatic heterocycles. The quantitative estimate of drug-likeness (QED) is 0.821. The van der Waals surface area contributed by atoms with Gasteiger partial charge < -0.3 is 10.5 Å². The number of halogens is 2. The Morgan fingerprint density at radius 1 is 1.35 bits per heavy atom. The summed E-state index contributed by atoms with van der Waals surface area (Å²) >= 11 is 9.89. The van der Waals surface area contributed by atoms with Gasteiger partial charge in [0, 0.05) is 17.1 Å². The van der Waals surface area contributed by atoms with E-state index in [4.69, 9.17) is 22.1 Å². The van der Waals surface area contributed by atoms with Crippen LogP contribution < -0.4 is 5.73 Å². The second-order valence-electron chi connectivity index (χ2n) is 6.16. The highest BCUT2D eigenvalue weighted by atomic mass is 79.9. The van der Waals surface area contributed by atoms with E-state index in [1.165, 1.54) is 25.7 Å². The van der Waals surface area contributed by atoms with E-state index in [1.54, 1.807) is 0 Å². The molecule has 2 atom stereocenters. The van der Waals surface area contributed by atoms with E-state index in [1.807, 2.05) is 12.1 Å². The fourth-order valence-corrected chi connectivity index (χ4v) is 4.41. The third-order valence-electron chi connectivity index (χ3n) is 4.89. The number of benzene rings is 1. The Morgan fingerprint density at radius 3 is 2.85 bits per heavy atom. The van der Waals surface area contributed by atoms with Gasteiger partial charge in [-0.2, -0.15) is 0 Å². The molecule has 2 unspecified atom stereocenters. The van der Waals surface area contributed by atoms with Crippen molar-refractivity contribution in [1.82, 2.24) is 0 Å². The van der Waals surface area contributed by atoms with E-state index in [0.29, 0.717) is 5.92 Å². The summed E-state index contributed by atoms with van der Waals surface area (Å²) in [7, 11) is 0. The summed E-state index contributed by atoms with van der Waals surface area (Å²) in [6.07, 6.45) is 7.09. The standard InChI is InChI=1S/C16H21BrClNO/c17-13-5-3-4-12(14(13)18)15(19)11-6-9-20-16(10-11)7-1-2-8-16/h3-5,11,15H,1-2,6-10,19H2. The van der Waals surface area contributed by atoms with Gasteiger partial charge in [0.2, 0.25) is 0 Å². The Labute approximate surface area is 134 Å². The first kappa shape index (κ1) is 14.8. The van der Waals surface area contributed by atoms with Crippen LogP contribution in [0.15, 0.2) is 22.7 Å². The number of hydrogen-bond donors (Lipinski definition) is 1. The van der Waals surface area contributed by atoms with Crippen molar-refractivity contribution in [2.75, 3.05) is 6.61 Å². The molecule has 1 aromatic carbocycles. The smallest absolute Gasteiger partial charge is 0.0685 e. The van der Waals surface area contributed by atoms with Gasteiger partial charge in [-0.3, -0.25) is 0 Å². The lowest BCUT2D eigenvalue weighted by molar-refractivity contribution is -0.0963. The fraction of sp³-hybridized carbons (Fsp3) is 0.625. The van der Waals surface area contributed by atoms with Crippen molar-refractivity contribution in [3.8, 4) is 0 Å². The summed E-state index contributed by atoms with van der Waals surface area (Å²) in [5.74, 6) is 0.466. The maximum atomic E-state index is 6.53. The maximum absolute atomic E-state index is 6.53. The summed E-state index contributed by atoms with van der Waals surface area (Å²) in [5.41, 5.74) is 7.70. The van der Waals surface area contributed by atoms with Crippen molar-refractivity contribution in [3.63, 3.8) is 0 Å². The molecular weight excluding hydrogens is 338 g/mol. The monoisotopic (exact) mass is 357 g/mol. The van der Waals surface area contributed by atoms with Crippen LogP contribution in [-0.2, 0) is 4.74 Å². The van der Waals surface area contributed by atoms with Crippen molar-refractivity contribution in [1.29, 1.82) is 0 Å². The number of ether oxygens (including phenoxy) is 1. The van der Waals surface area contributed by atoms with Gasteiger partial charge in [-0.1, -0.05) is 36.6 Å². The number of nitrogens with two attached hydrogens (primary N) is 1. The van der Waals surface area contributed by atoms with Gasteiger partial charge in [-0.05, 0) is 59.2 Å². The highest BCUT2D eigenvalue weighted by Crippen LogP contribution is 2.45. The third-order valence-corrected chi connectivity index (χ3v) is 6.21. The molecule has 2 fully saturated rings. The van der Waals surface area contributed by atoms with E-state index >= 15 is 0 Å². The first-order valence-corrected chi connectivity index (χ1v) is 8.62. The predicted octanol–water partition coefficient (Wildman–Crippen LogP) is 4.84. The highest BCUT2D eigenvalue weighted by molar-refractivity contribution is 9.10. The summed E-state index contributed by atoms with van der Waals surface area (Å²) in [4.78, 5) is 0. The minimum absolute atomic E-state index is 0.00127. The first-order chi connectivity index (χ1) is 9.61. The van der Waals surface area contributed by atoms with Crippen LogP contribution in [0, 0.1) is 5.92 Å². The van der Waals surface area contributed by atoms with Crippen LogP contribution in [-0.4, -0.2) is 12.2 Å². The molecule has 110 valence electrons. The molecule has 3 rings (SSSR count). The first-order valence-electron chi connectivity index (χ1n) is 7.45. The molecule has 4 heteroatoms. The Morgan fingerprint density at radius 2 is 2.10 bits per heavy atom. The van der Waals surface area contributed by atoms with Gasteiger partial charge in [0.15, 0.2) is 0 Å². The van der Waals surface area contributed by atoms with Crippen molar-refractivity contribution in [2.45, 2.75) is 50.2 Å². The van der Waals surface area contributed by atoms with Gasteiger partial charge in [-0.15, -0.1) is 0 Å². The maximum Gasteiger partial charge on any atom is 0.0685 e. The molecule has 2 nitrogen and oxygen atoms in total. The van der Waals surface area contributed by atoms with E-state index < -0.39 is 0 Å². The average Bonchev–Trinajstić information content (AvgIpc) is 2.89. The van der Waals surface area contributed by atoms with Crippen LogP contribution in [0.3, 0.4) is 0 Å². The molecule has 1 aliphatic carbocycles. The lowest BCUT2D eigenvalue weighted by Crippen LogP contribution is -2.40. The molecule has 20 heavy (non-hydrogen) atoms. The molecule has 2 aliphatic rings. The second kappa shape index (κ2) is 5.96. The van der Waals surface area contributed by atoms with Gasteiger partial charge in [0.1, 0.15) is 0 Å². The highest BCUT2D eigenvalue weighted by Gasteiger charge is 2.41. The largest absolute Gasteiger partial charge is 0.375 e. The zero-order valence-corrected chi connectivity index (χ0v) is 13.9. The molecule has 2 N–H and O–H groups in total. The molecule has 0 radical (unpaired) electrons. The lowest BCUT2D eigenvalue weighted by Gasteiger charge is -2.40. The van der Waals surface area contributed by atoms with Crippen LogP contribution in [0.4, 0.5) is 0 Å². The second-order valence-corrected chi connectivity index (χ2v) is 7.39. The summed E-state index contributed by atoms with van der Waals surface area (Å²) in [6.45, 7) is 0.837. The minimum Gasteiger partial charge on any atom is -0.375 e. The molecule has 0 amide bonds. The fourth-order valence-electron chi connectivity index (χ4n) is 3.77. The summed E-state index contributed by atoms with van der Waals surface area (Å²) in [5, 5.41) is 0.756. The Bertz CT molecular complexity index is 487. The predicted molar refractivity (Wildman–Crippen MR) is 86.0 cm³/mol. The SMILES string of the molecule is NC(c1cccc(Br)c1Cl)C1CCOC2(CCCC2)C1. The molecule has 0 bridgehead atoms. The van der Waals surface area contributed by atoms with Crippen molar-refractivity contribution >= 4 is 27.5 Å². The Hall–Kier alpha value is -0.0900. The van der Waals surface area contributed by atoms with E-state index in [-0.39, 0.29) is 11.6 Å². The number of rotatable bonds is 2. The molecule has 1 saturated heterocycles. The van der Waals surface area contributed by atoms with Crippen LogP contribution in [0.2, 0.25) is 5.02 Å². The Kier molecular flexibility index (Phi) is 4.42. The van der Waals surface area contributed by atoms with Crippen molar-refractivity contribution < 1.29 is 4.74 Å². The molecular formula is C16H21BrClNO. The topological polar surface area (TPSA) is 35.2 Å². The normalized spacial score (nSPS) is 26.9. The van der Waals surface area contributed by atoms with Gasteiger partial charge in [0.05, 0.1) is 10.6 Å². The minimum atomic E-state index is 0.00127. The van der Waals surface area contributed by atoms with Crippen LogP contribution in [0.1, 0.15) is 50.1 Å². The molecule has 1 saturated carbocycles. The summed E-state index contributed by atoms with van der Waals surface area (Å²) < 4.78 is 7.02. The van der Waals surface area contributed by atoms with E-state index in [0.717, 1.165) is 34.5 Å². The van der Waals surface area contributed by atoms with E-state index in [2.05, 4.69) is 22.0 Å². The third kappa shape index (κ3) is 2.78. The van der Waals surface area contributed by atoms with Gasteiger partial charge >= 0.3 is 0 Å². The van der Waals surface area contributed by atoms with Crippen LogP contribution >= 0.6 is 27.5 Å². The zero-order valence-electron chi connectivity index (χ0n) is 11.6. The van der Waals surface area contributed by atoms with Gasteiger partial charge in [-0.25, -0.2) is 0 Å². The van der Waals surface area contributed by atoms with E-state index in [9.17, 15) is 0 Å². The van der Waals surface area contributed by atoms with Crippen molar-refractivity contribution in [2.24, 2.45) is 11.7 Å². The summed E-state index contributed by atoms with van der Waals surface area (Å²) in [6, 6.07) is 6.02. The molecule has 0 aromatic heterocycles. The molecule has 1 aromatic rings. The zero-order chi connectivity index (χ0) is 14.2. The number of hydrogen-bond acceptors (Lipinski definition) is 2.